The number of carbonyl (C=O) groups excluding carboxylic acids is 1. The van der Waals surface area contributed by atoms with Gasteiger partial charge >= 0.3 is 0 Å². The van der Waals surface area contributed by atoms with E-state index in [0.29, 0.717) is 17.1 Å². The number of pyridine rings is 1. The lowest BCUT2D eigenvalue weighted by Crippen LogP contribution is -2.41. The van der Waals surface area contributed by atoms with E-state index in [1.165, 1.54) is 0 Å². The maximum absolute atomic E-state index is 12.8. The van der Waals surface area contributed by atoms with Gasteiger partial charge in [-0.15, -0.1) is 0 Å². The molecule has 0 aliphatic heterocycles. The Bertz CT molecular complexity index is 690. The minimum absolute atomic E-state index is 0.00597. The number of hydrogen-bond donors (Lipinski definition) is 2. The van der Waals surface area contributed by atoms with Crippen LogP contribution in [0.25, 0.3) is 0 Å². The largest absolute Gasteiger partial charge is 0.455 e. The summed E-state index contributed by atoms with van der Waals surface area (Å²) < 4.78 is 5.82. The van der Waals surface area contributed by atoms with Crippen molar-refractivity contribution in [2.24, 2.45) is 5.92 Å². The van der Waals surface area contributed by atoms with Crippen molar-refractivity contribution < 1.29 is 14.6 Å². The van der Waals surface area contributed by atoms with Gasteiger partial charge in [-0.3, -0.25) is 9.78 Å². The second-order valence-corrected chi connectivity index (χ2v) is 6.45. The van der Waals surface area contributed by atoms with E-state index in [0.717, 1.165) is 32.1 Å². The number of carbonyl (C=O) groups is 1. The van der Waals surface area contributed by atoms with Crippen molar-refractivity contribution in [3.8, 4) is 11.5 Å². The molecule has 1 aliphatic rings. The number of benzene rings is 1. The number of nitrogens with one attached hydrogen (secondary N) is 1. The summed E-state index contributed by atoms with van der Waals surface area (Å²) in [5, 5.41) is 12.7. The van der Waals surface area contributed by atoms with Gasteiger partial charge in [0, 0.05) is 24.8 Å². The van der Waals surface area contributed by atoms with Crippen LogP contribution < -0.4 is 10.1 Å². The number of nitrogens with zero attached hydrogens (tertiary/aromatic N) is 1. The molecule has 25 heavy (non-hydrogen) atoms. The highest BCUT2D eigenvalue weighted by Crippen LogP contribution is 2.27. The van der Waals surface area contributed by atoms with Crippen molar-refractivity contribution in [3.05, 3.63) is 54.4 Å². The highest BCUT2D eigenvalue weighted by atomic mass is 16.5. The van der Waals surface area contributed by atoms with Gasteiger partial charge in [-0.05, 0) is 37.1 Å². The quantitative estimate of drug-likeness (QED) is 0.817. The van der Waals surface area contributed by atoms with E-state index in [1.54, 1.807) is 36.7 Å². The number of ether oxygens (including phenoxy) is 1. The minimum atomic E-state index is -0.162. The first-order valence-corrected chi connectivity index (χ1v) is 8.86. The van der Waals surface area contributed by atoms with Gasteiger partial charge in [0.1, 0.15) is 11.5 Å². The Kier molecular flexibility index (Phi) is 6.01. The van der Waals surface area contributed by atoms with E-state index in [2.05, 4.69) is 10.3 Å². The molecule has 1 aliphatic carbocycles. The third-order valence-electron chi connectivity index (χ3n) is 4.70. The van der Waals surface area contributed by atoms with Gasteiger partial charge < -0.3 is 15.2 Å². The Morgan fingerprint density at radius 3 is 2.80 bits per heavy atom. The van der Waals surface area contributed by atoms with Crippen molar-refractivity contribution in [2.75, 3.05) is 6.61 Å². The van der Waals surface area contributed by atoms with Crippen LogP contribution >= 0.6 is 0 Å². The molecule has 0 saturated heterocycles. The first-order chi connectivity index (χ1) is 12.3. The van der Waals surface area contributed by atoms with Crippen LogP contribution in [-0.2, 0) is 0 Å². The van der Waals surface area contributed by atoms with Gasteiger partial charge in [-0.25, -0.2) is 0 Å². The number of rotatable bonds is 5. The second-order valence-electron chi connectivity index (χ2n) is 6.45. The minimum Gasteiger partial charge on any atom is -0.455 e. The summed E-state index contributed by atoms with van der Waals surface area (Å²) >= 11 is 0. The molecule has 0 spiro atoms. The Labute approximate surface area is 148 Å². The lowest BCUT2D eigenvalue weighted by molar-refractivity contribution is 0.0897. The average Bonchev–Trinajstić information content (AvgIpc) is 2.88. The summed E-state index contributed by atoms with van der Waals surface area (Å²) in [4.78, 5) is 16.8. The zero-order chi connectivity index (χ0) is 17.5. The van der Waals surface area contributed by atoms with Gasteiger partial charge in [0.15, 0.2) is 0 Å². The van der Waals surface area contributed by atoms with Crippen LogP contribution in [-0.4, -0.2) is 28.6 Å². The molecule has 0 bridgehead atoms. The summed E-state index contributed by atoms with van der Waals surface area (Å²) in [5.41, 5.74) is 0.493. The van der Waals surface area contributed by atoms with E-state index in [4.69, 9.17) is 4.74 Å². The molecule has 3 rings (SSSR count). The predicted molar refractivity (Wildman–Crippen MR) is 95.7 cm³/mol. The summed E-state index contributed by atoms with van der Waals surface area (Å²) in [6.45, 7) is 0.110. The number of aliphatic hydroxyl groups is 1. The van der Waals surface area contributed by atoms with E-state index in [-0.39, 0.29) is 24.5 Å². The number of hydrogen-bond acceptors (Lipinski definition) is 4. The third kappa shape index (κ3) is 4.57. The summed E-state index contributed by atoms with van der Waals surface area (Å²) in [6, 6.07) is 10.8. The molecular formula is C20H24N2O3. The van der Waals surface area contributed by atoms with Crippen molar-refractivity contribution in [3.63, 3.8) is 0 Å². The monoisotopic (exact) mass is 340 g/mol. The molecule has 0 radical (unpaired) electrons. The molecule has 1 aromatic carbocycles. The lowest BCUT2D eigenvalue weighted by atomic mass is 9.95. The standard InChI is InChI=1S/C20H24N2O3/c23-14-15-7-2-1-3-10-18(15)22-20(24)17-9-4-5-11-19(17)25-16-8-6-12-21-13-16/h4-6,8-9,11-13,15,18,23H,1-3,7,10,14H2,(H,22,24). The van der Waals surface area contributed by atoms with Crippen LogP contribution in [0.5, 0.6) is 11.5 Å². The maximum atomic E-state index is 12.8. The zero-order valence-corrected chi connectivity index (χ0v) is 14.2. The van der Waals surface area contributed by atoms with Crippen LogP contribution in [0.4, 0.5) is 0 Å². The van der Waals surface area contributed by atoms with E-state index in [9.17, 15) is 9.90 Å². The van der Waals surface area contributed by atoms with Crippen molar-refractivity contribution in [2.45, 2.75) is 38.1 Å². The molecule has 5 nitrogen and oxygen atoms in total. The van der Waals surface area contributed by atoms with Gasteiger partial charge in [-0.1, -0.05) is 31.4 Å². The third-order valence-corrected chi connectivity index (χ3v) is 4.70. The predicted octanol–water partition coefficient (Wildman–Crippen LogP) is 3.54. The van der Waals surface area contributed by atoms with Crippen LogP contribution in [0.15, 0.2) is 48.8 Å². The number of aliphatic hydroxyl groups excluding tert-OH is 1. The molecule has 1 fully saturated rings. The van der Waals surface area contributed by atoms with Crippen molar-refractivity contribution in [1.82, 2.24) is 10.3 Å². The fraction of sp³-hybridized carbons (Fsp3) is 0.400. The fourth-order valence-corrected chi connectivity index (χ4v) is 3.32. The highest BCUT2D eigenvalue weighted by molar-refractivity contribution is 5.97. The number of amides is 1. The Hall–Kier alpha value is -2.40. The Balaban J connectivity index is 1.75. The first-order valence-electron chi connectivity index (χ1n) is 8.86. The maximum Gasteiger partial charge on any atom is 0.255 e. The van der Waals surface area contributed by atoms with Crippen molar-refractivity contribution >= 4 is 5.91 Å². The highest BCUT2D eigenvalue weighted by Gasteiger charge is 2.26. The molecule has 2 atom stereocenters. The van der Waals surface area contributed by atoms with Gasteiger partial charge in [-0.2, -0.15) is 0 Å². The van der Waals surface area contributed by atoms with Crippen LogP contribution in [0.3, 0.4) is 0 Å². The first kappa shape index (κ1) is 17.4. The lowest BCUT2D eigenvalue weighted by Gasteiger charge is -2.25. The molecule has 2 aromatic rings. The van der Waals surface area contributed by atoms with E-state index < -0.39 is 0 Å². The van der Waals surface area contributed by atoms with Crippen molar-refractivity contribution in [1.29, 1.82) is 0 Å². The Morgan fingerprint density at radius 1 is 1.16 bits per heavy atom. The molecule has 132 valence electrons. The summed E-state index contributed by atoms with van der Waals surface area (Å²) in [6.07, 6.45) is 8.49. The molecule has 5 heteroatoms. The summed E-state index contributed by atoms with van der Waals surface area (Å²) in [7, 11) is 0. The zero-order valence-electron chi connectivity index (χ0n) is 14.2. The van der Waals surface area contributed by atoms with Gasteiger partial charge in [0.25, 0.3) is 5.91 Å². The van der Waals surface area contributed by atoms with Crippen LogP contribution in [0.1, 0.15) is 42.5 Å². The molecule has 1 heterocycles. The second kappa shape index (κ2) is 8.62. The molecule has 1 saturated carbocycles. The van der Waals surface area contributed by atoms with Gasteiger partial charge in [0.2, 0.25) is 0 Å². The van der Waals surface area contributed by atoms with Gasteiger partial charge in [0.05, 0.1) is 11.8 Å². The normalized spacial score (nSPS) is 20.5. The molecule has 1 aromatic heterocycles. The summed E-state index contributed by atoms with van der Waals surface area (Å²) in [5.74, 6) is 1.05. The van der Waals surface area contributed by atoms with E-state index in [1.807, 2.05) is 12.1 Å². The van der Waals surface area contributed by atoms with Crippen LogP contribution in [0, 0.1) is 5.92 Å². The molecular weight excluding hydrogens is 316 g/mol. The fourth-order valence-electron chi connectivity index (χ4n) is 3.32. The molecule has 1 amide bonds. The SMILES string of the molecule is O=C(NC1CCCCCC1CO)c1ccccc1Oc1cccnc1. The smallest absolute Gasteiger partial charge is 0.255 e. The van der Waals surface area contributed by atoms with Crippen LogP contribution in [0.2, 0.25) is 0 Å². The van der Waals surface area contributed by atoms with E-state index >= 15 is 0 Å². The molecule has 2 N–H and O–H groups in total. The Morgan fingerprint density at radius 2 is 2.00 bits per heavy atom. The number of aromatic nitrogens is 1. The number of para-hydroxylation sites is 1. The molecule has 2 unspecified atom stereocenters. The topological polar surface area (TPSA) is 71.5 Å². The average molecular weight is 340 g/mol.